The fraction of sp³-hybridized carbons (Fsp3) is 0.455. The number of thiophene rings is 1. The van der Waals surface area contributed by atoms with Crippen LogP contribution in [0.2, 0.25) is 0 Å². The van der Waals surface area contributed by atoms with Gasteiger partial charge in [-0.3, -0.25) is 4.79 Å². The number of carbonyl (C=O) groups is 2. The Labute approximate surface area is 169 Å². The van der Waals surface area contributed by atoms with Crippen molar-refractivity contribution in [2.24, 2.45) is 5.92 Å². The second kappa shape index (κ2) is 8.88. The second-order valence-corrected chi connectivity index (χ2v) is 8.72. The zero-order chi connectivity index (χ0) is 19.3. The molecule has 2 aromatic rings. The first-order valence-electron chi connectivity index (χ1n) is 10.2. The molecule has 2 N–H and O–H groups in total. The first-order valence-corrected chi connectivity index (χ1v) is 11.1. The predicted octanol–water partition coefficient (Wildman–Crippen LogP) is 3.00. The smallest absolute Gasteiger partial charge is 0.338 e. The number of benzene rings is 1. The molecule has 3 heterocycles. The van der Waals surface area contributed by atoms with Crippen LogP contribution in [0, 0.1) is 5.92 Å². The minimum atomic E-state index is -0.279. The Hall–Kier alpha value is -2.18. The van der Waals surface area contributed by atoms with Gasteiger partial charge in [0.2, 0.25) is 0 Å². The predicted molar refractivity (Wildman–Crippen MR) is 110 cm³/mol. The molecule has 1 aromatic carbocycles. The largest absolute Gasteiger partial charge is 0.462 e. The van der Waals surface area contributed by atoms with Gasteiger partial charge in [-0.15, -0.1) is 11.3 Å². The molecule has 0 spiro atoms. The molecule has 5 nitrogen and oxygen atoms in total. The van der Waals surface area contributed by atoms with Gasteiger partial charge in [-0.2, -0.15) is 0 Å². The van der Waals surface area contributed by atoms with Gasteiger partial charge < -0.3 is 15.0 Å². The van der Waals surface area contributed by atoms with E-state index in [4.69, 9.17) is 4.74 Å². The average Bonchev–Trinajstić information content (AvgIpc) is 3.27. The van der Waals surface area contributed by atoms with E-state index in [9.17, 15) is 9.59 Å². The zero-order valence-electron chi connectivity index (χ0n) is 16.0. The molecule has 6 heteroatoms. The number of anilines is 1. The molecule has 2 aliphatic rings. The lowest BCUT2D eigenvalue weighted by Gasteiger charge is -2.40. The molecule has 0 bridgehead atoms. The van der Waals surface area contributed by atoms with Gasteiger partial charge >= 0.3 is 5.97 Å². The van der Waals surface area contributed by atoms with Crippen LogP contribution < -0.4 is 10.2 Å². The lowest BCUT2D eigenvalue weighted by atomic mass is 9.84. The number of esters is 1. The molecule has 3 unspecified atom stereocenters. The van der Waals surface area contributed by atoms with Crippen molar-refractivity contribution in [1.29, 1.82) is 0 Å². The molecule has 1 amide bonds. The van der Waals surface area contributed by atoms with Crippen LogP contribution in [0.5, 0.6) is 0 Å². The van der Waals surface area contributed by atoms with Gasteiger partial charge in [-0.25, -0.2) is 4.79 Å². The highest BCUT2D eigenvalue weighted by molar-refractivity contribution is 7.12. The van der Waals surface area contributed by atoms with Crippen molar-refractivity contribution in [3.05, 3.63) is 52.2 Å². The van der Waals surface area contributed by atoms with E-state index in [1.54, 1.807) is 35.2 Å². The third-order valence-electron chi connectivity index (χ3n) is 5.98. The number of rotatable bonds is 5. The lowest BCUT2D eigenvalue weighted by Crippen LogP contribution is -3.18. The Kier molecular flexibility index (Phi) is 6.07. The first-order chi connectivity index (χ1) is 13.7. The molecule has 3 atom stereocenters. The molecule has 148 valence electrons. The standard InChI is InChI=1S/C22H26N2O3S/c25-21(20-7-4-14-28-20)23-18-10-8-16(9-11-18)22(26)27-15-17-5-3-13-24-12-2-1-6-19(17)24/h4,7-11,14,17,19H,1-3,5-6,12-13,15H2,(H,23,25)/p+1. The SMILES string of the molecule is O=C(OCC1CCC[NH+]2CCCCC12)c1ccc(NC(=O)c2cccs2)cc1. The summed E-state index contributed by atoms with van der Waals surface area (Å²) in [6, 6.07) is 11.2. The Morgan fingerprint density at radius 2 is 1.89 bits per heavy atom. The van der Waals surface area contributed by atoms with E-state index in [1.165, 1.54) is 50.1 Å². The second-order valence-electron chi connectivity index (χ2n) is 7.77. The normalized spacial score (nSPS) is 24.2. The number of carbonyl (C=O) groups excluding carboxylic acids is 2. The Morgan fingerprint density at radius 3 is 2.68 bits per heavy atom. The molecule has 2 aliphatic heterocycles. The van der Waals surface area contributed by atoms with Crippen LogP contribution in [-0.4, -0.2) is 37.6 Å². The summed E-state index contributed by atoms with van der Waals surface area (Å²) in [4.78, 5) is 26.9. The van der Waals surface area contributed by atoms with Crippen LogP contribution in [0.4, 0.5) is 5.69 Å². The molecular weight excluding hydrogens is 372 g/mol. The summed E-state index contributed by atoms with van der Waals surface area (Å²) >= 11 is 1.40. The molecular formula is C22H27N2O3S+. The number of hydrogen-bond acceptors (Lipinski definition) is 4. The average molecular weight is 400 g/mol. The van der Waals surface area contributed by atoms with Crippen molar-refractivity contribution in [3.8, 4) is 0 Å². The minimum Gasteiger partial charge on any atom is -0.462 e. The molecule has 4 rings (SSSR count). The van der Waals surface area contributed by atoms with Crippen molar-refractivity contribution in [2.45, 2.75) is 38.1 Å². The summed E-state index contributed by atoms with van der Waals surface area (Å²) in [5, 5.41) is 4.71. The molecule has 0 saturated carbocycles. The maximum absolute atomic E-state index is 12.5. The van der Waals surface area contributed by atoms with Crippen molar-refractivity contribution >= 4 is 28.9 Å². The molecule has 2 saturated heterocycles. The van der Waals surface area contributed by atoms with Gasteiger partial charge in [0.25, 0.3) is 5.91 Å². The number of nitrogens with one attached hydrogen (secondary N) is 2. The van der Waals surface area contributed by atoms with E-state index in [-0.39, 0.29) is 11.9 Å². The van der Waals surface area contributed by atoms with Gasteiger partial charge in [-0.05, 0) is 67.8 Å². The summed E-state index contributed by atoms with van der Waals surface area (Å²) in [6.45, 7) is 3.06. The summed E-state index contributed by atoms with van der Waals surface area (Å²) in [5.74, 6) is 0.0681. The van der Waals surface area contributed by atoms with Gasteiger partial charge in [0.1, 0.15) is 6.61 Å². The monoisotopic (exact) mass is 399 g/mol. The highest BCUT2D eigenvalue weighted by Gasteiger charge is 2.37. The van der Waals surface area contributed by atoms with E-state index in [2.05, 4.69) is 5.32 Å². The number of piperidine rings is 2. The summed E-state index contributed by atoms with van der Waals surface area (Å²) in [7, 11) is 0. The summed E-state index contributed by atoms with van der Waals surface area (Å²) in [5.41, 5.74) is 1.20. The summed E-state index contributed by atoms with van der Waals surface area (Å²) in [6.07, 6.45) is 6.28. The Bertz CT molecular complexity index is 802. The van der Waals surface area contributed by atoms with Crippen LogP contribution >= 0.6 is 11.3 Å². The van der Waals surface area contributed by atoms with E-state index in [0.717, 1.165) is 6.42 Å². The van der Waals surface area contributed by atoms with E-state index >= 15 is 0 Å². The van der Waals surface area contributed by atoms with E-state index in [1.807, 2.05) is 11.4 Å². The van der Waals surface area contributed by atoms with Gasteiger partial charge in [0.15, 0.2) is 0 Å². The fourth-order valence-electron chi connectivity index (χ4n) is 4.53. The number of hydrogen-bond donors (Lipinski definition) is 2. The van der Waals surface area contributed by atoms with Crippen molar-refractivity contribution < 1.29 is 19.2 Å². The van der Waals surface area contributed by atoms with E-state index in [0.29, 0.717) is 34.7 Å². The maximum atomic E-state index is 12.5. The Balaban J connectivity index is 1.30. The zero-order valence-corrected chi connectivity index (χ0v) is 16.8. The van der Waals surface area contributed by atoms with Crippen molar-refractivity contribution in [3.63, 3.8) is 0 Å². The molecule has 1 aromatic heterocycles. The summed E-state index contributed by atoms with van der Waals surface area (Å²) < 4.78 is 5.66. The molecule has 2 fully saturated rings. The Morgan fingerprint density at radius 1 is 1.07 bits per heavy atom. The number of amides is 1. The maximum Gasteiger partial charge on any atom is 0.338 e. The molecule has 0 aliphatic carbocycles. The van der Waals surface area contributed by atoms with Crippen LogP contribution in [0.1, 0.15) is 52.1 Å². The van der Waals surface area contributed by atoms with Gasteiger partial charge in [0, 0.05) is 11.6 Å². The highest BCUT2D eigenvalue weighted by atomic mass is 32.1. The van der Waals surface area contributed by atoms with Crippen LogP contribution in [0.15, 0.2) is 41.8 Å². The molecule has 0 radical (unpaired) electrons. The van der Waals surface area contributed by atoms with Crippen LogP contribution in [-0.2, 0) is 4.74 Å². The third kappa shape index (κ3) is 4.45. The fourth-order valence-corrected chi connectivity index (χ4v) is 5.15. The third-order valence-corrected chi connectivity index (χ3v) is 6.85. The minimum absolute atomic E-state index is 0.137. The van der Waals surface area contributed by atoms with Crippen LogP contribution in [0.3, 0.4) is 0 Å². The van der Waals surface area contributed by atoms with Gasteiger partial charge in [-0.1, -0.05) is 6.07 Å². The quantitative estimate of drug-likeness (QED) is 0.760. The number of quaternary nitrogens is 1. The van der Waals surface area contributed by atoms with Crippen molar-refractivity contribution in [2.75, 3.05) is 25.0 Å². The number of ether oxygens (including phenoxy) is 1. The highest BCUT2D eigenvalue weighted by Crippen LogP contribution is 2.21. The first kappa shape index (κ1) is 19.2. The van der Waals surface area contributed by atoms with E-state index < -0.39 is 0 Å². The van der Waals surface area contributed by atoms with Gasteiger partial charge in [0.05, 0.1) is 29.6 Å². The molecule has 28 heavy (non-hydrogen) atoms. The van der Waals surface area contributed by atoms with Crippen molar-refractivity contribution in [1.82, 2.24) is 0 Å². The van der Waals surface area contributed by atoms with Crippen LogP contribution in [0.25, 0.3) is 0 Å². The number of fused-ring (bicyclic) bond motifs is 1. The lowest BCUT2D eigenvalue weighted by molar-refractivity contribution is -0.940. The topological polar surface area (TPSA) is 59.8 Å².